The lowest BCUT2D eigenvalue weighted by molar-refractivity contribution is -0.384. The molecule has 1 fully saturated rings. The monoisotopic (exact) mass is 398 g/mol. The molecule has 0 spiro atoms. The third kappa shape index (κ3) is 4.55. The Bertz CT molecular complexity index is 943. The molecule has 1 saturated heterocycles. The van der Waals surface area contributed by atoms with Crippen molar-refractivity contribution in [2.75, 3.05) is 7.11 Å². The quantitative estimate of drug-likeness (QED) is 0.422. The highest BCUT2D eigenvalue weighted by atomic mass is 32.2. The molecule has 9 heteroatoms. The first-order valence-corrected chi connectivity index (χ1v) is 9.32. The van der Waals surface area contributed by atoms with Gasteiger partial charge in [-0.2, -0.15) is 5.10 Å². The average molecular weight is 398 g/mol. The lowest BCUT2D eigenvalue weighted by Crippen LogP contribution is -2.30. The minimum absolute atomic E-state index is 0.0169. The summed E-state index contributed by atoms with van der Waals surface area (Å²) in [5.41, 5.74) is 1.48. The van der Waals surface area contributed by atoms with Gasteiger partial charge in [-0.25, -0.2) is 0 Å². The van der Waals surface area contributed by atoms with E-state index in [0.717, 1.165) is 11.3 Å². The fraction of sp³-hybridized carbons (Fsp3) is 0.211. The number of amides is 1. The maximum Gasteiger partial charge on any atom is 0.270 e. The van der Waals surface area contributed by atoms with Gasteiger partial charge in [0.15, 0.2) is 5.17 Å². The summed E-state index contributed by atoms with van der Waals surface area (Å²) in [4.78, 5) is 24.4. The fourth-order valence-electron chi connectivity index (χ4n) is 2.59. The number of methoxy groups -OCH3 is 1. The number of non-ortho nitro benzene ring substituents is 1. The number of benzene rings is 2. The van der Waals surface area contributed by atoms with Crippen molar-refractivity contribution in [3.8, 4) is 5.75 Å². The van der Waals surface area contributed by atoms with Crippen molar-refractivity contribution in [1.29, 1.82) is 0 Å². The van der Waals surface area contributed by atoms with Gasteiger partial charge < -0.3 is 4.74 Å². The van der Waals surface area contributed by atoms with E-state index in [1.807, 2.05) is 31.2 Å². The number of nitrogens with zero attached hydrogens (tertiary/aromatic N) is 4. The number of carbonyl (C=O) groups excluding carboxylic acids is 1. The molecule has 2 aromatic rings. The van der Waals surface area contributed by atoms with Crippen LogP contribution in [0.3, 0.4) is 0 Å². The van der Waals surface area contributed by atoms with Crippen LogP contribution in [0.5, 0.6) is 5.75 Å². The average Bonchev–Trinajstić information content (AvgIpc) is 2.96. The molecule has 1 heterocycles. The van der Waals surface area contributed by atoms with Crippen LogP contribution in [0.4, 0.5) is 5.69 Å². The fourth-order valence-corrected chi connectivity index (χ4v) is 3.51. The van der Waals surface area contributed by atoms with E-state index >= 15 is 0 Å². The Balaban J connectivity index is 1.77. The second-order valence-corrected chi connectivity index (χ2v) is 7.32. The van der Waals surface area contributed by atoms with Gasteiger partial charge in [-0.3, -0.25) is 19.8 Å². The lowest BCUT2D eigenvalue weighted by Gasteiger charge is -2.15. The highest BCUT2D eigenvalue weighted by Gasteiger charge is 2.35. The van der Waals surface area contributed by atoms with E-state index in [9.17, 15) is 14.9 Å². The summed E-state index contributed by atoms with van der Waals surface area (Å²) in [6.45, 7) is 2.20. The van der Waals surface area contributed by atoms with Crippen LogP contribution in [0.15, 0.2) is 58.7 Å². The predicted molar refractivity (Wildman–Crippen MR) is 109 cm³/mol. The van der Waals surface area contributed by atoms with Crippen LogP contribution in [0, 0.1) is 10.1 Å². The van der Waals surface area contributed by atoms with Crippen LogP contribution < -0.4 is 4.74 Å². The van der Waals surface area contributed by atoms with Gasteiger partial charge in [-0.1, -0.05) is 36.0 Å². The minimum atomic E-state index is -0.465. The Hall–Kier alpha value is -3.20. The van der Waals surface area contributed by atoms with Crippen LogP contribution in [-0.2, 0) is 11.3 Å². The van der Waals surface area contributed by atoms with E-state index in [4.69, 9.17) is 4.74 Å². The maximum atomic E-state index is 12.5. The van der Waals surface area contributed by atoms with Crippen molar-refractivity contribution < 1.29 is 14.5 Å². The van der Waals surface area contributed by atoms with Crippen molar-refractivity contribution in [2.45, 2.75) is 18.7 Å². The molecule has 0 aliphatic carbocycles. The van der Waals surface area contributed by atoms with Gasteiger partial charge in [0.1, 0.15) is 5.75 Å². The van der Waals surface area contributed by atoms with E-state index in [1.165, 1.54) is 30.1 Å². The van der Waals surface area contributed by atoms with Crippen molar-refractivity contribution >= 4 is 34.7 Å². The molecule has 8 nitrogen and oxygen atoms in total. The van der Waals surface area contributed by atoms with Crippen LogP contribution >= 0.6 is 11.8 Å². The maximum absolute atomic E-state index is 12.5. The molecule has 1 aliphatic rings. The van der Waals surface area contributed by atoms with Gasteiger partial charge in [0, 0.05) is 17.7 Å². The lowest BCUT2D eigenvalue weighted by atomic mass is 10.2. The molecular weight excluding hydrogens is 380 g/mol. The highest BCUT2D eigenvalue weighted by molar-refractivity contribution is 8.15. The number of amidine groups is 1. The zero-order valence-corrected chi connectivity index (χ0v) is 16.1. The molecule has 1 amide bonds. The van der Waals surface area contributed by atoms with E-state index in [1.54, 1.807) is 24.1 Å². The third-order valence-electron chi connectivity index (χ3n) is 4.06. The van der Waals surface area contributed by atoms with Gasteiger partial charge in [0.25, 0.3) is 5.69 Å². The number of hydrogen-bond acceptors (Lipinski definition) is 7. The summed E-state index contributed by atoms with van der Waals surface area (Å²) in [7, 11) is 1.60. The number of thioether (sulfide) groups is 1. The molecule has 0 saturated carbocycles. The Labute approximate surface area is 166 Å². The smallest absolute Gasteiger partial charge is 0.270 e. The summed E-state index contributed by atoms with van der Waals surface area (Å²) in [6.07, 6.45) is 1.43. The first-order valence-electron chi connectivity index (χ1n) is 8.44. The molecular formula is C19H18N4O4S. The van der Waals surface area contributed by atoms with Crippen molar-refractivity contribution in [3.05, 3.63) is 69.8 Å². The molecule has 1 aliphatic heterocycles. The molecule has 0 aromatic heterocycles. The van der Waals surface area contributed by atoms with E-state index < -0.39 is 4.92 Å². The van der Waals surface area contributed by atoms with Crippen molar-refractivity contribution in [2.24, 2.45) is 10.2 Å². The SMILES string of the molecule is COc1ccc(CN2C(=O)[C@@H](C)S/C2=N\N=C/c2cccc([N+](=O)[O-])c2)cc1. The van der Waals surface area contributed by atoms with E-state index in [-0.39, 0.29) is 16.8 Å². The van der Waals surface area contributed by atoms with E-state index in [2.05, 4.69) is 10.2 Å². The highest BCUT2D eigenvalue weighted by Crippen LogP contribution is 2.28. The molecule has 28 heavy (non-hydrogen) atoms. The molecule has 144 valence electrons. The molecule has 3 rings (SSSR count). The van der Waals surface area contributed by atoms with Crippen molar-refractivity contribution in [1.82, 2.24) is 4.90 Å². The number of nitro benzene ring substituents is 1. The number of nitro groups is 1. The summed E-state index contributed by atoms with van der Waals surface area (Å²) in [5.74, 6) is 0.708. The Morgan fingerprint density at radius 1 is 1.29 bits per heavy atom. The Morgan fingerprint density at radius 3 is 2.71 bits per heavy atom. The number of carbonyl (C=O) groups is 1. The number of rotatable bonds is 6. The van der Waals surface area contributed by atoms with Gasteiger partial charge in [0.05, 0.1) is 30.0 Å². The molecule has 2 aromatic carbocycles. The summed E-state index contributed by atoms with van der Waals surface area (Å²) < 4.78 is 5.15. The predicted octanol–water partition coefficient (Wildman–Crippen LogP) is 3.46. The molecule has 0 bridgehead atoms. The first-order chi connectivity index (χ1) is 13.5. The topological polar surface area (TPSA) is 97.4 Å². The molecule has 0 radical (unpaired) electrons. The van der Waals surface area contributed by atoms with Gasteiger partial charge in [-0.15, -0.1) is 5.10 Å². The van der Waals surface area contributed by atoms with E-state index in [0.29, 0.717) is 17.3 Å². The number of ether oxygens (including phenoxy) is 1. The molecule has 0 unspecified atom stereocenters. The molecule has 1 atom stereocenters. The zero-order valence-electron chi connectivity index (χ0n) is 15.3. The Morgan fingerprint density at radius 2 is 2.04 bits per heavy atom. The largest absolute Gasteiger partial charge is 0.497 e. The first kappa shape index (κ1) is 19.6. The van der Waals surface area contributed by atoms with Gasteiger partial charge >= 0.3 is 0 Å². The normalized spacial score (nSPS) is 18.2. The van der Waals surface area contributed by atoms with Crippen LogP contribution in [0.25, 0.3) is 0 Å². The van der Waals surface area contributed by atoms with Gasteiger partial charge in [-0.05, 0) is 24.6 Å². The van der Waals surface area contributed by atoms with Crippen LogP contribution in [0.1, 0.15) is 18.1 Å². The third-order valence-corrected chi connectivity index (χ3v) is 5.13. The standard InChI is InChI=1S/C19H18N4O4S/c1-13-18(24)22(12-14-6-8-17(27-2)9-7-14)19(28-13)21-20-11-15-4-3-5-16(10-15)23(25)26/h3-11,13H,12H2,1-2H3/b20-11-,21-19-/t13-/m1/s1. The summed E-state index contributed by atoms with van der Waals surface area (Å²) in [5, 5.41) is 19.3. The summed E-state index contributed by atoms with van der Waals surface area (Å²) in [6, 6.07) is 13.6. The second kappa shape index (κ2) is 8.66. The zero-order chi connectivity index (χ0) is 20.1. The summed E-state index contributed by atoms with van der Waals surface area (Å²) >= 11 is 1.33. The second-order valence-electron chi connectivity index (χ2n) is 6.01. The molecule has 0 N–H and O–H groups in total. The minimum Gasteiger partial charge on any atom is -0.497 e. The van der Waals surface area contributed by atoms with Crippen molar-refractivity contribution in [3.63, 3.8) is 0 Å². The van der Waals surface area contributed by atoms with Crippen LogP contribution in [-0.4, -0.2) is 39.5 Å². The van der Waals surface area contributed by atoms with Crippen LogP contribution in [0.2, 0.25) is 0 Å². The Kier molecular flexibility index (Phi) is 6.05. The number of hydrogen-bond donors (Lipinski definition) is 0. The van der Waals surface area contributed by atoms with Gasteiger partial charge in [0.2, 0.25) is 5.91 Å².